The largest absolute Gasteiger partial charge is 0.344 e. The van der Waals surface area contributed by atoms with Crippen LogP contribution < -0.4 is 11.1 Å². The summed E-state index contributed by atoms with van der Waals surface area (Å²) in [6.07, 6.45) is 1.97. The highest BCUT2D eigenvalue weighted by atomic mass is 35.5. The van der Waals surface area contributed by atoms with Gasteiger partial charge in [-0.15, -0.1) is 0 Å². The lowest BCUT2D eigenvalue weighted by Crippen LogP contribution is -2.60. The lowest BCUT2D eigenvalue weighted by molar-refractivity contribution is -0.140. The molecule has 0 aromatic heterocycles. The van der Waals surface area contributed by atoms with E-state index in [4.69, 9.17) is 17.3 Å². The molecule has 0 saturated carbocycles. The van der Waals surface area contributed by atoms with Gasteiger partial charge in [-0.25, -0.2) is 14.4 Å². The van der Waals surface area contributed by atoms with Gasteiger partial charge in [0, 0.05) is 81.3 Å². The first-order valence-corrected chi connectivity index (χ1v) is 15.5. The van der Waals surface area contributed by atoms with E-state index in [-0.39, 0.29) is 23.8 Å². The van der Waals surface area contributed by atoms with Crippen molar-refractivity contribution in [3.63, 3.8) is 0 Å². The van der Waals surface area contributed by atoms with Crippen LogP contribution in [0.5, 0.6) is 0 Å². The SMILES string of the molecule is CC(C)CN(C1CCN(C(=O)C(Cc2ccc(Cl)cc2)NC(=O)CC(N)c2ccccc2F)CC1)N1CCN(C)CC1. The third-order valence-electron chi connectivity index (χ3n) is 8.29. The second-order valence-corrected chi connectivity index (χ2v) is 12.5. The maximum absolute atomic E-state index is 14.2. The number of nitrogens with two attached hydrogens (primary N) is 1. The van der Waals surface area contributed by atoms with Crippen LogP contribution in [0.3, 0.4) is 0 Å². The molecule has 10 heteroatoms. The zero-order valence-electron chi connectivity index (χ0n) is 25.1. The fraction of sp³-hybridized carbons (Fsp3) is 0.562. The number of likely N-dealkylation sites (N-methyl/N-ethyl adjacent to an activating group) is 1. The highest BCUT2D eigenvalue weighted by Crippen LogP contribution is 2.23. The average Bonchev–Trinajstić information content (AvgIpc) is 2.97. The van der Waals surface area contributed by atoms with Gasteiger partial charge < -0.3 is 20.9 Å². The van der Waals surface area contributed by atoms with E-state index >= 15 is 0 Å². The number of piperidine rings is 1. The molecule has 0 aliphatic carbocycles. The molecular formula is C32H46ClFN6O2. The smallest absolute Gasteiger partial charge is 0.245 e. The van der Waals surface area contributed by atoms with Crippen LogP contribution >= 0.6 is 11.6 Å². The Hall–Kier alpha value is -2.56. The fourth-order valence-corrected chi connectivity index (χ4v) is 6.05. The van der Waals surface area contributed by atoms with Gasteiger partial charge in [0.1, 0.15) is 11.9 Å². The quantitative estimate of drug-likeness (QED) is 0.409. The summed E-state index contributed by atoms with van der Waals surface area (Å²) in [5, 5.41) is 8.59. The summed E-state index contributed by atoms with van der Waals surface area (Å²) in [5.74, 6) is -0.395. The van der Waals surface area contributed by atoms with Crippen molar-refractivity contribution in [1.82, 2.24) is 25.1 Å². The Morgan fingerprint density at radius 1 is 1.02 bits per heavy atom. The molecule has 2 aromatic carbocycles. The molecule has 2 amide bonds. The Labute approximate surface area is 254 Å². The molecule has 42 heavy (non-hydrogen) atoms. The number of carbonyl (C=O) groups excluding carboxylic acids is 2. The zero-order valence-corrected chi connectivity index (χ0v) is 25.9. The van der Waals surface area contributed by atoms with Gasteiger partial charge in [-0.2, -0.15) is 0 Å². The first-order chi connectivity index (χ1) is 20.1. The first-order valence-electron chi connectivity index (χ1n) is 15.1. The predicted molar refractivity (Wildman–Crippen MR) is 165 cm³/mol. The molecule has 3 N–H and O–H groups in total. The van der Waals surface area contributed by atoms with Crippen molar-refractivity contribution in [3.05, 3.63) is 70.5 Å². The second kappa shape index (κ2) is 15.3. The molecule has 2 fully saturated rings. The van der Waals surface area contributed by atoms with Crippen molar-refractivity contribution in [1.29, 1.82) is 0 Å². The van der Waals surface area contributed by atoms with E-state index in [0.717, 1.165) is 51.1 Å². The molecule has 2 aliphatic rings. The number of hydrogen-bond donors (Lipinski definition) is 2. The van der Waals surface area contributed by atoms with Gasteiger partial charge in [-0.05, 0) is 49.6 Å². The molecule has 2 unspecified atom stereocenters. The summed E-state index contributed by atoms with van der Waals surface area (Å²) in [7, 11) is 2.17. The molecule has 230 valence electrons. The molecule has 0 bridgehead atoms. The van der Waals surface area contributed by atoms with E-state index in [0.29, 0.717) is 36.5 Å². The van der Waals surface area contributed by atoms with Gasteiger partial charge in [0.2, 0.25) is 11.8 Å². The minimum absolute atomic E-state index is 0.105. The number of nitrogens with zero attached hydrogens (tertiary/aromatic N) is 4. The lowest BCUT2D eigenvalue weighted by atomic mass is 9.99. The van der Waals surface area contributed by atoms with Crippen LogP contribution in [0.2, 0.25) is 5.02 Å². The Bertz CT molecular complexity index is 1170. The van der Waals surface area contributed by atoms with E-state index in [1.165, 1.54) is 6.07 Å². The number of rotatable bonds is 11. The van der Waals surface area contributed by atoms with Gasteiger partial charge in [0.15, 0.2) is 0 Å². The number of halogens is 2. The third-order valence-corrected chi connectivity index (χ3v) is 8.54. The number of amides is 2. The van der Waals surface area contributed by atoms with E-state index in [1.54, 1.807) is 30.3 Å². The summed E-state index contributed by atoms with van der Waals surface area (Å²) < 4.78 is 14.2. The number of likely N-dealkylation sites (tertiary alicyclic amines) is 1. The number of nitrogens with one attached hydrogen (secondary N) is 1. The molecule has 2 aliphatic heterocycles. The minimum atomic E-state index is -0.810. The summed E-state index contributed by atoms with van der Waals surface area (Å²) in [5.41, 5.74) is 7.36. The standard InChI is InChI=1S/C32H46ClFN6O2/c1-23(2)22-40(39-18-16-37(3)17-19-39)26-12-14-38(15-13-26)32(42)30(20-24-8-10-25(33)11-9-24)36-31(41)21-29(35)27-6-4-5-7-28(27)34/h4-11,23,26,29-30H,12-22,35H2,1-3H3,(H,36,41). The molecule has 8 nitrogen and oxygen atoms in total. The van der Waals surface area contributed by atoms with Crippen LogP contribution in [0.4, 0.5) is 4.39 Å². The Balaban J connectivity index is 1.42. The summed E-state index contributed by atoms with van der Waals surface area (Å²) in [6, 6.07) is 12.3. The van der Waals surface area contributed by atoms with E-state index in [9.17, 15) is 14.0 Å². The molecule has 2 saturated heterocycles. The average molecular weight is 601 g/mol. The maximum atomic E-state index is 14.2. The lowest BCUT2D eigenvalue weighted by Gasteiger charge is -2.47. The third kappa shape index (κ3) is 8.97. The molecule has 4 rings (SSSR count). The van der Waals surface area contributed by atoms with Gasteiger partial charge in [-0.1, -0.05) is 55.8 Å². The monoisotopic (exact) mass is 600 g/mol. The topological polar surface area (TPSA) is 85.1 Å². The zero-order chi connectivity index (χ0) is 30.2. The number of hydrogen-bond acceptors (Lipinski definition) is 6. The van der Waals surface area contributed by atoms with Gasteiger partial charge >= 0.3 is 0 Å². The van der Waals surface area contributed by atoms with Crippen molar-refractivity contribution in [2.75, 3.05) is 52.9 Å². The van der Waals surface area contributed by atoms with Crippen LogP contribution in [-0.4, -0.2) is 96.6 Å². The fourth-order valence-electron chi connectivity index (χ4n) is 5.92. The molecule has 2 aromatic rings. The maximum Gasteiger partial charge on any atom is 0.245 e. The number of carbonyl (C=O) groups is 2. The van der Waals surface area contributed by atoms with Crippen molar-refractivity contribution < 1.29 is 14.0 Å². The van der Waals surface area contributed by atoms with Crippen LogP contribution in [0.15, 0.2) is 48.5 Å². The van der Waals surface area contributed by atoms with E-state index in [2.05, 4.69) is 41.1 Å². The minimum Gasteiger partial charge on any atom is -0.344 e. The van der Waals surface area contributed by atoms with E-state index < -0.39 is 17.9 Å². The summed E-state index contributed by atoms with van der Waals surface area (Å²) in [4.78, 5) is 31.2. The summed E-state index contributed by atoms with van der Waals surface area (Å²) >= 11 is 6.08. The number of benzene rings is 2. The molecule has 2 atom stereocenters. The van der Waals surface area contributed by atoms with Crippen molar-refractivity contribution in [2.45, 2.75) is 57.7 Å². The Kier molecular flexibility index (Phi) is 11.7. The van der Waals surface area contributed by atoms with Crippen molar-refractivity contribution in [3.8, 4) is 0 Å². The van der Waals surface area contributed by atoms with Crippen LogP contribution in [0, 0.1) is 11.7 Å². The Morgan fingerprint density at radius 2 is 1.67 bits per heavy atom. The highest BCUT2D eigenvalue weighted by molar-refractivity contribution is 6.30. The number of hydrazine groups is 1. The van der Waals surface area contributed by atoms with Crippen molar-refractivity contribution in [2.24, 2.45) is 11.7 Å². The normalized spacial score (nSPS) is 18.8. The summed E-state index contributed by atoms with van der Waals surface area (Å²) in [6.45, 7) is 10.9. The molecule has 2 heterocycles. The molecular weight excluding hydrogens is 555 g/mol. The molecule has 0 radical (unpaired) electrons. The van der Waals surface area contributed by atoms with Crippen molar-refractivity contribution >= 4 is 23.4 Å². The van der Waals surface area contributed by atoms with E-state index in [1.807, 2.05) is 17.0 Å². The van der Waals surface area contributed by atoms with Gasteiger partial charge in [-0.3, -0.25) is 9.59 Å². The highest BCUT2D eigenvalue weighted by Gasteiger charge is 2.34. The van der Waals surface area contributed by atoms with Crippen LogP contribution in [-0.2, 0) is 16.0 Å². The van der Waals surface area contributed by atoms with Crippen LogP contribution in [0.1, 0.15) is 50.3 Å². The van der Waals surface area contributed by atoms with Gasteiger partial charge in [0.25, 0.3) is 0 Å². The first kappa shape index (κ1) is 32.4. The molecule has 0 spiro atoms. The number of piperazine rings is 1. The van der Waals surface area contributed by atoms with Crippen LogP contribution in [0.25, 0.3) is 0 Å². The second-order valence-electron chi connectivity index (χ2n) is 12.1. The van der Waals surface area contributed by atoms with Gasteiger partial charge in [0.05, 0.1) is 0 Å². The Morgan fingerprint density at radius 3 is 2.29 bits per heavy atom. The predicted octanol–water partition coefficient (Wildman–Crippen LogP) is 3.71.